The van der Waals surface area contributed by atoms with Crippen LogP contribution in [0.2, 0.25) is 0 Å². The van der Waals surface area contributed by atoms with E-state index in [9.17, 15) is 0 Å². The van der Waals surface area contributed by atoms with E-state index in [2.05, 4.69) is 30.0 Å². The summed E-state index contributed by atoms with van der Waals surface area (Å²) in [7, 11) is 1.92. The summed E-state index contributed by atoms with van der Waals surface area (Å²) in [6, 6.07) is 2.06. The Morgan fingerprint density at radius 3 is 2.88 bits per heavy atom. The van der Waals surface area contributed by atoms with Crippen molar-refractivity contribution in [1.82, 2.24) is 14.6 Å². The Labute approximate surface area is 101 Å². The zero-order valence-corrected chi connectivity index (χ0v) is 10.5. The molecule has 2 aromatic rings. The second kappa shape index (κ2) is 4.71. The highest BCUT2D eigenvalue weighted by Gasteiger charge is 2.12. The summed E-state index contributed by atoms with van der Waals surface area (Å²) in [5, 5.41) is 13.5. The lowest BCUT2D eigenvalue weighted by Gasteiger charge is -2.16. The van der Waals surface area contributed by atoms with Crippen molar-refractivity contribution in [3.63, 3.8) is 0 Å². The molecule has 0 aliphatic carbocycles. The number of hydrogen-bond donors (Lipinski definition) is 1. The van der Waals surface area contributed by atoms with Gasteiger partial charge in [0, 0.05) is 26.0 Å². The normalized spacial score (nSPS) is 11.4. The van der Waals surface area contributed by atoms with Crippen LogP contribution >= 0.6 is 0 Å². The second-order valence-electron chi connectivity index (χ2n) is 4.45. The monoisotopic (exact) mass is 234 g/mol. The van der Waals surface area contributed by atoms with Crippen molar-refractivity contribution in [3.8, 4) is 0 Å². The van der Waals surface area contributed by atoms with Gasteiger partial charge in [-0.2, -0.15) is 5.10 Å². The topological polar surface area (TPSA) is 53.7 Å². The summed E-state index contributed by atoms with van der Waals surface area (Å²) in [6.07, 6.45) is 3.57. The average molecular weight is 234 g/mol. The van der Waals surface area contributed by atoms with Crippen LogP contribution in [0.15, 0.2) is 18.5 Å². The first kappa shape index (κ1) is 11.9. The van der Waals surface area contributed by atoms with E-state index in [0.717, 1.165) is 17.0 Å². The van der Waals surface area contributed by atoms with Gasteiger partial charge in [-0.05, 0) is 12.0 Å². The summed E-state index contributed by atoms with van der Waals surface area (Å²) in [4.78, 5) is 6.28. The van der Waals surface area contributed by atoms with Crippen molar-refractivity contribution in [1.29, 1.82) is 0 Å². The van der Waals surface area contributed by atoms with Crippen LogP contribution in [0, 0.1) is 0 Å². The molecular weight excluding hydrogens is 216 g/mol. The van der Waals surface area contributed by atoms with Gasteiger partial charge < -0.3 is 10.0 Å². The summed E-state index contributed by atoms with van der Waals surface area (Å²) < 4.78 is 1.84. The highest BCUT2D eigenvalue weighted by atomic mass is 16.3. The van der Waals surface area contributed by atoms with Crippen molar-refractivity contribution in [2.45, 2.75) is 19.8 Å². The molecule has 5 nitrogen and oxygen atoms in total. The summed E-state index contributed by atoms with van der Waals surface area (Å²) in [5.41, 5.74) is 2.03. The molecule has 0 amide bonds. The molecule has 0 bridgehead atoms. The fourth-order valence-corrected chi connectivity index (χ4v) is 1.76. The zero-order chi connectivity index (χ0) is 12.4. The minimum Gasteiger partial charge on any atom is -0.395 e. The number of aliphatic hydroxyl groups excluding tert-OH is 1. The molecule has 1 N–H and O–H groups in total. The molecule has 92 valence electrons. The number of aliphatic hydroxyl groups is 1. The van der Waals surface area contributed by atoms with Crippen molar-refractivity contribution < 1.29 is 5.11 Å². The Bertz CT molecular complexity index is 506. The van der Waals surface area contributed by atoms with Crippen molar-refractivity contribution in [2.24, 2.45) is 0 Å². The number of anilines is 1. The van der Waals surface area contributed by atoms with Crippen LogP contribution < -0.4 is 4.90 Å². The minimum absolute atomic E-state index is 0.115. The van der Waals surface area contributed by atoms with Gasteiger partial charge >= 0.3 is 0 Å². The Balaban J connectivity index is 2.49. The molecule has 0 aliphatic rings. The van der Waals surface area contributed by atoms with Crippen LogP contribution in [0.5, 0.6) is 0 Å². The molecule has 0 fully saturated rings. The first-order valence-corrected chi connectivity index (χ1v) is 5.79. The van der Waals surface area contributed by atoms with E-state index >= 15 is 0 Å². The summed E-state index contributed by atoms with van der Waals surface area (Å²) >= 11 is 0. The van der Waals surface area contributed by atoms with Gasteiger partial charge in [-0.15, -0.1) is 0 Å². The molecule has 2 heterocycles. The fraction of sp³-hybridized carbons (Fsp3) is 0.500. The van der Waals surface area contributed by atoms with Gasteiger partial charge in [0.15, 0.2) is 5.82 Å². The molecule has 0 aromatic carbocycles. The Morgan fingerprint density at radius 1 is 1.47 bits per heavy atom. The molecule has 0 spiro atoms. The molecular formula is C12H18N4O. The van der Waals surface area contributed by atoms with Crippen molar-refractivity contribution in [2.75, 3.05) is 25.1 Å². The fourth-order valence-electron chi connectivity index (χ4n) is 1.76. The van der Waals surface area contributed by atoms with Crippen molar-refractivity contribution in [3.05, 3.63) is 24.2 Å². The number of likely N-dealkylation sites (N-methyl/N-ethyl adjacent to an activating group) is 1. The molecule has 17 heavy (non-hydrogen) atoms. The van der Waals surface area contributed by atoms with Gasteiger partial charge in [0.25, 0.3) is 0 Å². The molecule has 5 heteroatoms. The highest BCUT2D eigenvalue weighted by molar-refractivity contribution is 5.68. The standard InChI is InChI=1S/C12H18N4O/c1-9(2)10-8-11-12(15(3)6-7-17)13-4-5-16(11)14-10/h4-5,8-9,17H,6-7H2,1-3H3. The lowest BCUT2D eigenvalue weighted by Crippen LogP contribution is -2.22. The Morgan fingerprint density at radius 2 is 2.24 bits per heavy atom. The van der Waals surface area contributed by atoms with Crippen LogP contribution in [0.1, 0.15) is 25.5 Å². The number of fused-ring (bicyclic) bond motifs is 1. The van der Waals surface area contributed by atoms with E-state index in [1.165, 1.54) is 0 Å². The second-order valence-corrected chi connectivity index (χ2v) is 4.45. The summed E-state index contributed by atoms with van der Waals surface area (Å²) in [5.74, 6) is 1.24. The van der Waals surface area contributed by atoms with E-state index in [1.807, 2.05) is 22.7 Å². The maximum Gasteiger partial charge on any atom is 0.154 e. The van der Waals surface area contributed by atoms with Gasteiger partial charge in [-0.3, -0.25) is 0 Å². The maximum atomic E-state index is 8.97. The first-order valence-electron chi connectivity index (χ1n) is 5.79. The quantitative estimate of drug-likeness (QED) is 0.866. The van der Waals surface area contributed by atoms with Gasteiger partial charge in [0.05, 0.1) is 12.3 Å². The van der Waals surface area contributed by atoms with Gasteiger partial charge in [-0.1, -0.05) is 13.8 Å². The molecule has 0 saturated heterocycles. The molecule has 0 saturated carbocycles. The third-order valence-corrected chi connectivity index (χ3v) is 2.78. The molecule has 0 aliphatic heterocycles. The van der Waals surface area contributed by atoms with Gasteiger partial charge in [0.2, 0.25) is 0 Å². The first-order chi connectivity index (χ1) is 8.13. The lowest BCUT2D eigenvalue weighted by molar-refractivity contribution is 0.304. The van der Waals surface area contributed by atoms with E-state index in [4.69, 9.17) is 5.11 Å². The lowest BCUT2D eigenvalue weighted by atomic mass is 10.1. The molecule has 2 rings (SSSR count). The molecule has 2 aromatic heterocycles. The van der Waals surface area contributed by atoms with Crippen LogP contribution in [-0.2, 0) is 0 Å². The van der Waals surface area contributed by atoms with E-state index in [1.54, 1.807) is 6.20 Å². The van der Waals surface area contributed by atoms with Gasteiger partial charge in [0.1, 0.15) is 5.52 Å². The van der Waals surface area contributed by atoms with Crippen LogP contribution in [0.25, 0.3) is 5.52 Å². The number of rotatable bonds is 4. The van der Waals surface area contributed by atoms with Crippen molar-refractivity contribution >= 4 is 11.3 Å². The third-order valence-electron chi connectivity index (χ3n) is 2.78. The smallest absolute Gasteiger partial charge is 0.154 e. The average Bonchev–Trinajstić information content (AvgIpc) is 2.72. The van der Waals surface area contributed by atoms with Crippen LogP contribution in [0.4, 0.5) is 5.82 Å². The SMILES string of the molecule is CC(C)c1cc2c(N(C)CCO)nccn2n1. The Hall–Kier alpha value is -1.62. The third kappa shape index (κ3) is 2.24. The van der Waals surface area contributed by atoms with E-state index < -0.39 is 0 Å². The highest BCUT2D eigenvalue weighted by Crippen LogP contribution is 2.21. The number of nitrogens with zero attached hydrogens (tertiary/aromatic N) is 4. The molecule has 0 radical (unpaired) electrons. The predicted molar refractivity (Wildman–Crippen MR) is 67.4 cm³/mol. The predicted octanol–water partition coefficient (Wildman–Crippen LogP) is 1.28. The largest absolute Gasteiger partial charge is 0.395 e. The number of hydrogen-bond acceptors (Lipinski definition) is 4. The summed E-state index contributed by atoms with van der Waals surface area (Å²) in [6.45, 7) is 4.91. The minimum atomic E-state index is 0.115. The maximum absolute atomic E-state index is 8.97. The van der Waals surface area contributed by atoms with E-state index in [-0.39, 0.29) is 6.61 Å². The van der Waals surface area contributed by atoms with Gasteiger partial charge in [-0.25, -0.2) is 9.50 Å². The zero-order valence-electron chi connectivity index (χ0n) is 10.5. The molecule has 0 atom stereocenters. The van der Waals surface area contributed by atoms with Crippen LogP contribution in [0.3, 0.4) is 0 Å². The van der Waals surface area contributed by atoms with Crippen LogP contribution in [-0.4, -0.2) is 39.9 Å². The number of aromatic nitrogens is 3. The Kier molecular flexibility index (Phi) is 3.28. The molecule has 0 unspecified atom stereocenters. The van der Waals surface area contributed by atoms with E-state index in [0.29, 0.717) is 12.5 Å².